The molecule has 2 heterocycles. The number of nitrogens with one attached hydrogen (secondary N) is 1. The van der Waals surface area contributed by atoms with Crippen LogP contribution in [0.4, 0.5) is 4.79 Å². The number of hydrogen-bond donors (Lipinski definition) is 1. The molecule has 0 aromatic rings. The summed E-state index contributed by atoms with van der Waals surface area (Å²) in [5, 5.41) is 3.49. The lowest BCUT2D eigenvalue weighted by molar-refractivity contribution is 0.0143. The van der Waals surface area contributed by atoms with Crippen molar-refractivity contribution in [2.24, 2.45) is 5.92 Å². The predicted octanol–water partition coefficient (Wildman–Crippen LogP) is 2.32. The van der Waals surface area contributed by atoms with Crippen molar-refractivity contribution in [2.75, 3.05) is 45.8 Å². The van der Waals surface area contributed by atoms with E-state index < -0.39 is 5.60 Å². The van der Waals surface area contributed by atoms with Gasteiger partial charge in [0.05, 0.1) is 0 Å². The van der Waals surface area contributed by atoms with Crippen LogP contribution >= 0.6 is 0 Å². The van der Waals surface area contributed by atoms with Crippen molar-refractivity contribution in [3.8, 4) is 0 Å². The Morgan fingerprint density at radius 3 is 2.55 bits per heavy atom. The summed E-state index contributed by atoms with van der Waals surface area (Å²) < 4.78 is 5.43. The molecule has 22 heavy (non-hydrogen) atoms. The van der Waals surface area contributed by atoms with Crippen LogP contribution in [-0.4, -0.2) is 67.3 Å². The molecular formula is C17H33N3O2. The molecule has 5 heteroatoms. The van der Waals surface area contributed by atoms with Gasteiger partial charge in [-0.3, -0.25) is 4.90 Å². The van der Waals surface area contributed by atoms with E-state index in [1.54, 1.807) is 0 Å². The van der Waals surface area contributed by atoms with E-state index in [1.165, 1.54) is 45.3 Å². The van der Waals surface area contributed by atoms with E-state index >= 15 is 0 Å². The van der Waals surface area contributed by atoms with Crippen molar-refractivity contribution in [1.29, 1.82) is 0 Å². The monoisotopic (exact) mass is 311 g/mol. The lowest BCUT2D eigenvalue weighted by atomic mass is 9.94. The van der Waals surface area contributed by atoms with E-state index in [0.717, 1.165) is 32.1 Å². The zero-order valence-corrected chi connectivity index (χ0v) is 14.6. The summed E-state index contributed by atoms with van der Waals surface area (Å²) in [5.74, 6) is 0.872. The summed E-state index contributed by atoms with van der Waals surface area (Å²) in [6.07, 6.45) is 5.16. The minimum atomic E-state index is -0.401. The number of carbonyl (C=O) groups excluding carboxylic acids is 1. The highest BCUT2D eigenvalue weighted by molar-refractivity contribution is 5.68. The van der Waals surface area contributed by atoms with Gasteiger partial charge in [-0.1, -0.05) is 0 Å². The second-order valence-corrected chi connectivity index (χ2v) is 7.66. The van der Waals surface area contributed by atoms with Crippen LogP contribution in [0.3, 0.4) is 0 Å². The van der Waals surface area contributed by atoms with Gasteiger partial charge in [0.15, 0.2) is 0 Å². The molecule has 1 unspecified atom stereocenters. The van der Waals surface area contributed by atoms with Gasteiger partial charge in [0.25, 0.3) is 0 Å². The number of piperidine rings is 1. The Morgan fingerprint density at radius 1 is 1.23 bits per heavy atom. The molecule has 0 spiro atoms. The molecule has 0 aliphatic carbocycles. The lowest BCUT2D eigenvalue weighted by Crippen LogP contribution is -2.50. The fraction of sp³-hybridized carbons (Fsp3) is 0.941. The summed E-state index contributed by atoms with van der Waals surface area (Å²) in [6, 6.07) is 0. The Labute approximate surface area is 135 Å². The van der Waals surface area contributed by atoms with E-state index in [4.69, 9.17) is 4.74 Å². The van der Waals surface area contributed by atoms with Gasteiger partial charge >= 0.3 is 6.09 Å². The van der Waals surface area contributed by atoms with Crippen LogP contribution in [0, 0.1) is 5.92 Å². The summed E-state index contributed by atoms with van der Waals surface area (Å²) >= 11 is 0. The van der Waals surface area contributed by atoms with Crippen molar-refractivity contribution < 1.29 is 9.53 Å². The van der Waals surface area contributed by atoms with Crippen molar-refractivity contribution in [2.45, 2.75) is 52.1 Å². The van der Waals surface area contributed by atoms with Gasteiger partial charge in [0, 0.05) is 26.2 Å². The first kappa shape index (κ1) is 17.5. The average Bonchev–Trinajstić information content (AvgIpc) is 2.47. The average molecular weight is 311 g/mol. The lowest BCUT2D eigenvalue weighted by Gasteiger charge is -2.35. The maximum absolute atomic E-state index is 12.0. The summed E-state index contributed by atoms with van der Waals surface area (Å²) in [4.78, 5) is 16.3. The Bertz CT molecular complexity index is 340. The summed E-state index contributed by atoms with van der Waals surface area (Å²) in [6.45, 7) is 12.8. The Kier molecular flexibility index (Phi) is 6.50. The third kappa shape index (κ3) is 6.13. The van der Waals surface area contributed by atoms with Crippen LogP contribution in [0.15, 0.2) is 0 Å². The normalized spacial score (nSPS) is 24.3. The van der Waals surface area contributed by atoms with Gasteiger partial charge in [-0.15, -0.1) is 0 Å². The van der Waals surface area contributed by atoms with E-state index in [9.17, 15) is 4.79 Å². The number of piperazine rings is 1. The smallest absolute Gasteiger partial charge is 0.410 e. The van der Waals surface area contributed by atoms with Crippen LogP contribution in [0.1, 0.15) is 46.5 Å². The number of hydrogen-bond acceptors (Lipinski definition) is 4. The molecule has 128 valence electrons. The van der Waals surface area contributed by atoms with Crippen LogP contribution in [0.5, 0.6) is 0 Å². The van der Waals surface area contributed by atoms with Crippen molar-refractivity contribution >= 4 is 6.09 Å². The zero-order valence-electron chi connectivity index (χ0n) is 14.6. The molecule has 1 amide bonds. The highest BCUT2D eigenvalue weighted by Crippen LogP contribution is 2.17. The van der Waals surface area contributed by atoms with Gasteiger partial charge in [0.1, 0.15) is 5.60 Å². The van der Waals surface area contributed by atoms with E-state index in [-0.39, 0.29) is 6.09 Å². The summed E-state index contributed by atoms with van der Waals surface area (Å²) in [7, 11) is 0. The molecule has 2 rings (SSSR count). The van der Waals surface area contributed by atoms with E-state index in [0.29, 0.717) is 0 Å². The number of rotatable bonds is 4. The van der Waals surface area contributed by atoms with Gasteiger partial charge in [-0.2, -0.15) is 0 Å². The van der Waals surface area contributed by atoms with E-state index in [1.807, 2.05) is 25.7 Å². The van der Waals surface area contributed by atoms with Crippen LogP contribution in [0.2, 0.25) is 0 Å². The Balaban J connectivity index is 1.59. The molecule has 2 aliphatic heterocycles. The van der Waals surface area contributed by atoms with E-state index in [2.05, 4.69) is 10.2 Å². The second-order valence-electron chi connectivity index (χ2n) is 7.66. The first-order valence-corrected chi connectivity index (χ1v) is 8.85. The number of ether oxygens (including phenoxy) is 1. The first-order chi connectivity index (χ1) is 10.4. The third-order valence-corrected chi connectivity index (χ3v) is 4.51. The Morgan fingerprint density at radius 2 is 1.95 bits per heavy atom. The molecule has 5 nitrogen and oxygen atoms in total. The maximum atomic E-state index is 12.0. The molecule has 2 aliphatic rings. The first-order valence-electron chi connectivity index (χ1n) is 8.85. The fourth-order valence-electron chi connectivity index (χ4n) is 3.25. The molecule has 2 fully saturated rings. The minimum Gasteiger partial charge on any atom is -0.444 e. The molecule has 0 bridgehead atoms. The number of carbonyl (C=O) groups is 1. The van der Waals surface area contributed by atoms with Crippen molar-refractivity contribution in [1.82, 2.24) is 15.1 Å². The largest absolute Gasteiger partial charge is 0.444 e. The van der Waals surface area contributed by atoms with Gasteiger partial charge in [-0.25, -0.2) is 4.79 Å². The van der Waals surface area contributed by atoms with Gasteiger partial charge in [-0.05, 0) is 72.0 Å². The fourth-order valence-corrected chi connectivity index (χ4v) is 3.25. The molecule has 2 saturated heterocycles. The third-order valence-electron chi connectivity index (χ3n) is 4.51. The molecule has 0 aromatic heterocycles. The number of amides is 1. The summed E-state index contributed by atoms with van der Waals surface area (Å²) in [5.41, 5.74) is -0.401. The van der Waals surface area contributed by atoms with Crippen molar-refractivity contribution in [3.63, 3.8) is 0 Å². The van der Waals surface area contributed by atoms with Crippen LogP contribution in [0.25, 0.3) is 0 Å². The topological polar surface area (TPSA) is 44.8 Å². The van der Waals surface area contributed by atoms with Gasteiger partial charge < -0.3 is 15.0 Å². The second kappa shape index (κ2) is 8.16. The molecule has 0 aromatic carbocycles. The molecule has 0 radical (unpaired) electrons. The maximum Gasteiger partial charge on any atom is 0.410 e. The molecule has 1 atom stereocenters. The quantitative estimate of drug-likeness (QED) is 0.865. The van der Waals surface area contributed by atoms with Crippen molar-refractivity contribution in [3.05, 3.63) is 0 Å². The Hall–Kier alpha value is -0.810. The molecule has 0 saturated carbocycles. The SMILES string of the molecule is CC(C)(C)OC(=O)N1CCN(CCCC2CCCNC2)CC1. The van der Waals surface area contributed by atoms with Gasteiger partial charge in [0.2, 0.25) is 0 Å². The zero-order chi connectivity index (χ0) is 16.0. The molecule has 1 N–H and O–H groups in total. The minimum absolute atomic E-state index is 0.166. The number of nitrogens with zero attached hydrogens (tertiary/aromatic N) is 2. The highest BCUT2D eigenvalue weighted by atomic mass is 16.6. The van der Waals surface area contributed by atoms with Crippen LogP contribution in [-0.2, 0) is 4.74 Å². The standard InChI is InChI=1S/C17H33N3O2/c1-17(2,3)22-16(21)20-12-10-19(11-13-20)9-5-7-15-6-4-8-18-14-15/h15,18H,4-14H2,1-3H3. The predicted molar refractivity (Wildman–Crippen MR) is 89.1 cm³/mol. The van der Waals surface area contributed by atoms with Crippen LogP contribution < -0.4 is 5.32 Å². The molecular weight excluding hydrogens is 278 g/mol. The highest BCUT2D eigenvalue weighted by Gasteiger charge is 2.25.